The molecule has 6 N–H and O–H groups in total. The van der Waals surface area contributed by atoms with Gasteiger partial charge in [0.05, 0.1) is 5.69 Å². The lowest BCUT2D eigenvalue weighted by atomic mass is 9.93. The first-order chi connectivity index (χ1) is 9.84. The van der Waals surface area contributed by atoms with Gasteiger partial charge in [-0.3, -0.25) is 4.98 Å². The van der Waals surface area contributed by atoms with Crippen LogP contribution in [0, 0.1) is 0 Å². The first-order valence-electron chi connectivity index (χ1n) is 6.35. The number of aliphatic hydroxyl groups excluding tert-OH is 2. The zero-order valence-electron chi connectivity index (χ0n) is 11.2. The summed E-state index contributed by atoms with van der Waals surface area (Å²) in [5, 5.41) is 32.5. The predicted molar refractivity (Wildman–Crippen MR) is 71.4 cm³/mol. The Bertz CT molecular complexity index is 489. The number of carbonyl (C=O) groups is 2. The minimum absolute atomic E-state index is 0.181. The lowest BCUT2D eigenvalue weighted by Gasteiger charge is -2.19. The maximum atomic E-state index is 9.77. The van der Waals surface area contributed by atoms with Gasteiger partial charge < -0.3 is 26.2 Å². The number of carboxylic acid groups (broad SMARTS) is 2. The minimum Gasteiger partial charge on any atom is -0.479 e. The van der Waals surface area contributed by atoms with Crippen molar-refractivity contribution < 1.29 is 30.0 Å². The lowest BCUT2D eigenvalue weighted by Crippen LogP contribution is -2.39. The van der Waals surface area contributed by atoms with Gasteiger partial charge in [0.15, 0.2) is 12.2 Å². The fraction of sp³-hybridized carbons (Fsp3) is 0.462. The van der Waals surface area contributed by atoms with Crippen LogP contribution in [-0.2, 0) is 16.0 Å². The zero-order chi connectivity index (χ0) is 16.0. The third-order valence-corrected chi connectivity index (χ3v) is 3.04. The van der Waals surface area contributed by atoms with Crippen LogP contribution in [0.4, 0.5) is 0 Å². The fourth-order valence-corrected chi connectivity index (χ4v) is 1.92. The number of aliphatic hydroxyl groups is 2. The van der Waals surface area contributed by atoms with Crippen molar-refractivity contribution in [1.82, 2.24) is 4.98 Å². The standard InChI is InChI=1S/C9H12N2.C4H6O6/c10-8-5-1-3-7-4-2-6-11-9(7)8;5-1(3(7)8)2(6)4(9)10/h2,4,6,8H,1,3,5,10H2;1-2,5-6H,(H,7,8)(H,9,10)/t;1-,2-/m.1/s1. The SMILES string of the molecule is NC1CCCc2cccnc21.O=C(O)[C@H](O)[C@@H](O)C(=O)O. The summed E-state index contributed by atoms with van der Waals surface area (Å²) in [7, 11) is 0. The molecule has 0 amide bonds. The van der Waals surface area contributed by atoms with E-state index in [2.05, 4.69) is 11.1 Å². The molecular formula is C13H18N2O6. The number of nitrogens with two attached hydrogens (primary N) is 1. The third-order valence-electron chi connectivity index (χ3n) is 3.04. The van der Waals surface area contributed by atoms with Gasteiger partial charge in [-0.15, -0.1) is 0 Å². The van der Waals surface area contributed by atoms with Gasteiger partial charge in [0.1, 0.15) is 0 Å². The van der Waals surface area contributed by atoms with Crippen molar-refractivity contribution in [3.8, 4) is 0 Å². The average Bonchev–Trinajstić information content (AvgIpc) is 2.46. The predicted octanol–water partition coefficient (Wildman–Crippen LogP) is -0.705. The summed E-state index contributed by atoms with van der Waals surface area (Å²) in [4.78, 5) is 23.8. The summed E-state index contributed by atoms with van der Waals surface area (Å²) in [5.41, 5.74) is 8.33. The highest BCUT2D eigenvalue weighted by Crippen LogP contribution is 2.24. The molecule has 3 atom stereocenters. The van der Waals surface area contributed by atoms with Crippen LogP contribution in [0.1, 0.15) is 30.1 Å². The Kier molecular flexibility index (Phi) is 6.22. The highest BCUT2D eigenvalue weighted by atomic mass is 16.4. The Balaban J connectivity index is 0.000000212. The maximum absolute atomic E-state index is 9.77. The van der Waals surface area contributed by atoms with Gasteiger partial charge in [-0.05, 0) is 30.9 Å². The number of fused-ring (bicyclic) bond motifs is 1. The van der Waals surface area contributed by atoms with Gasteiger partial charge in [-0.25, -0.2) is 9.59 Å². The molecule has 1 aromatic rings. The molecule has 2 rings (SSSR count). The molecule has 1 aromatic heterocycles. The molecule has 1 heterocycles. The van der Waals surface area contributed by atoms with Gasteiger partial charge in [0.25, 0.3) is 0 Å². The van der Waals surface area contributed by atoms with E-state index in [1.54, 1.807) is 0 Å². The van der Waals surface area contributed by atoms with Crippen LogP contribution in [0.3, 0.4) is 0 Å². The summed E-state index contributed by atoms with van der Waals surface area (Å²) in [5.74, 6) is -3.54. The van der Waals surface area contributed by atoms with Crippen molar-refractivity contribution in [2.24, 2.45) is 5.73 Å². The topological polar surface area (TPSA) is 154 Å². The van der Waals surface area contributed by atoms with Crippen LogP contribution in [0.25, 0.3) is 0 Å². The first kappa shape index (κ1) is 17.0. The molecule has 0 fully saturated rings. The van der Waals surface area contributed by atoms with Gasteiger partial charge >= 0.3 is 11.9 Å². The van der Waals surface area contributed by atoms with Crippen LogP contribution in [0.5, 0.6) is 0 Å². The number of aromatic nitrogens is 1. The number of nitrogens with zero attached hydrogens (tertiary/aromatic N) is 1. The average molecular weight is 298 g/mol. The van der Waals surface area contributed by atoms with Crippen LogP contribution in [0.2, 0.25) is 0 Å². The summed E-state index contributed by atoms with van der Waals surface area (Å²) < 4.78 is 0. The smallest absolute Gasteiger partial charge is 0.335 e. The van der Waals surface area contributed by atoms with E-state index in [1.807, 2.05) is 12.3 Å². The van der Waals surface area contributed by atoms with E-state index < -0.39 is 24.1 Å². The van der Waals surface area contributed by atoms with Crippen molar-refractivity contribution in [2.45, 2.75) is 37.5 Å². The number of rotatable bonds is 3. The van der Waals surface area contributed by atoms with E-state index >= 15 is 0 Å². The largest absolute Gasteiger partial charge is 0.479 e. The summed E-state index contributed by atoms with van der Waals surface area (Å²) in [6.07, 6.45) is 0.736. The molecule has 0 aromatic carbocycles. The van der Waals surface area contributed by atoms with Crippen molar-refractivity contribution in [1.29, 1.82) is 0 Å². The Morgan fingerprint density at radius 3 is 2.29 bits per heavy atom. The third kappa shape index (κ3) is 4.78. The molecule has 21 heavy (non-hydrogen) atoms. The highest BCUT2D eigenvalue weighted by molar-refractivity contribution is 5.83. The van der Waals surface area contributed by atoms with E-state index in [4.69, 9.17) is 26.2 Å². The molecule has 1 aliphatic carbocycles. The number of hydrogen-bond acceptors (Lipinski definition) is 6. The molecule has 1 aliphatic rings. The molecule has 0 saturated heterocycles. The second kappa shape index (κ2) is 7.67. The van der Waals surface area contributed by atoms with Crippen molar-refractivity contribution in [2.75, 3.05) is 0 Å². The van der Waals surface area contributed by atoms with Crippen LogP contribution >= 0.6 is 0 Å². The monoisotopic (exact) mass is 298 g/mol. The van der Waals surface area contributed by atoms with Gasteiger partial charge in [-0.2, -0.15) is 0 Å². The molecule has 8 heteroatoms. The number of hydrogen-bond donors (Lipinski definition) is 5. The van der Waals surface area contributed by atoms with E-state index in [9.17, 15) is 9.59 Å². The van der Waals surface area contributed by atoms with Crippen LogP contribution in [-0.4, -0.2) is 49.6 Å². The normalized spacial score (nSPS) is 19.5. The van der Waals surface area contributed by atoms with Crippen LogP contribution < -0.4 is 5.73 Å². The van der Waals surface area contributed by atoms with Gasteiger partial charge in [-0.1, -0.05) is 6.07 Å². The second-order valence-corrected chi connectivity index (χ2v) is 4.61. The highest BCUT2D eigenvalue weighted by Gasteiger charge is 2.29. The molecule has 116 valence electrons. The quantitative estimate of drug-likeness (QED) is 0.490. The minimum atomic E-state index is -2.27. The molecule has 0 aliphatic heterocycles. The van der Waals surface area contributed by atoms with E-state index in [1.165, 1.54) is 12.0 Å². The fourth-order valence-electron chi connectivity index (χ4n) is 1.92. The van der Waals surface area contributed by atoms with Crippen molar-refractivity contribution in [3.05, 3.63) is 29.6 Å². The molecular weight excluding hydrogens is 280 g/mol. The van der Waals surface area contributed by atoms with Crippen molar-refractivity contribution in [3.63, 3.8) is 0 Å². The van der Waals surface area contributed by atoms with E-state index in [-0.39, 0.29) is 6.04 Å². The molecule has 0 radical (unpaired) electrons. The number of carboxylic acids is 2. The molecule has 8 nitrogen and oxygen atoms in total. The molecule has 0 bridgehead atoms. The maximum Gasteiger partial charge on any atom is 0.335 e. The molecule has 1 unspecified atom stereocenters. The molecule has 0 spiro atoms. The van der Waals surface area contributed by atoms with Gasteiger partial charge in [0.2, 0.25) is 0 Å². The summed E-state index contributed by atoms with van der Waals surface area (Å²) in [6, 6.07) is 4.29. The van der Waals surface area contributed by atoms with Crippen molar-refractivity contribution >= 4 is 11.9 Å². The summed E-state index contributed by atoms with van der Waals surface area (Å²) in [6.45, 7) is 0. The summed E-state index contributed by atoms with van der Waals surface area (Å²) >= 11 is 0. The lowest BCUT2D eigenvalue weighted by molar-refractivity contribution is -0.165. The Morgan fingerprint density at radius 1 is 1.24 bits per heavy atom. The first-order valence-corrected chi connectivity index (χ1v) is 6.35. The van der Waals surface area contributed by atoms with Gasteiger partial charge in [0, 0.05) is 12.2 Å². The zero-order valence-corrected chi connectivity index (χ0v) is 11.2. The molecule has 0 saturated carbocycles. The number of pyridine rings is 1. The second-order valence-electron chi connectivity index (χ2n) is 4.61. The number of aryl methyl sites for hydroxylation is 1. The Labute approximate surface area is 120 Å². The Morgan fingerprint density at radius 2 is 1.81 bits per heavy atom. The number of aliphatic carboxylic acids is 2. The van der Waals surface area contributed by atoms with E-state index in [0.29, 0.717) is 0 Å². The van der Waals surface area contributed by atoms with E-state index in [0.717, 1.165) is 18.5 Å². The van der Waals surface area contributed by atoms with Crippen LogP contribution in [0.15, 0.2) is 18.3 Å². The Hall–Kier alpha value is -2.03.